The Balaban J connectivity index is 2.17. The largest absolute Gasteiger partial charge is 0.313 e. The van der Waals surface area contributed by atoms with Gasteiger partial charge in [-0.15, -0.1) is 0 Å². The summed E-state index contributed by atoms with van der Waals surface area (Å²) in [6.07, 6.45) is 4.25. The number of benzene rings is 1. The number of fused-ring (bicyclic) bond motifs is 1. The van der Waals surface area contributed by atoms with Crippen molar-refractivity contribution in [1.82, 2.24) is 5.32 Å². The van der Waals surface area contributed by atoms with Crippen LogP contribution in [0, 0.1) is 5.82 Å². The molecule has 2 atom stereocenters. The molecule has 1 N–H and O–H groups in total. The molecule has 1 nitrogen and oxygen atoms in total. The molecule has 2 rings (SSSR count). The fourth-order valence-electron chi connectivity index (χ4n) is 2.96. The van der Waals surface area contributed by atoms with Crippen molar-refractivity contribution in [3.63, 3.8) is 0 Å². The van der Waals surface area contributed by atoms with Gasteiger partial charge in [-0.05, 0) is 55.3 Å². The van der Waals surface area contributed by atoms with Gasteiger partial charge in [0.15, 0.2) is 0 Å². The second-order valence-corrected chi connectivity index (χ2v) is 4.92. The minimum Gasteiger partial charge on any atom is -0.313 e. The molecule has 0 spiro atoms. The van der Waals surface area contributed by atoms with E-state index in [0.29, 0.717) is 12.0 Å². The van der Waals surface area contributed by atoms with Crippen molar-refractivity contribution in [1.29, 1.82) is 0 Å². The quantitative estimate of drug-likeness (QED) is 0.821. The molecule has 0 bridgehead atoms. The standard InChI is InChI=1S/C15H22FN/c1-3-10-17-15(4-2)13-9-8-12-11(13)6-5-7-14(12)16/h5-7,13,15,17H,3-4,8-10H2,1-2H3. The van der Waals surface area contributed by atoms with Crippen LogP contribution in [0.25, 0.3) is 0 Å². The molecule has 0 radical (unpaired) electrons. The summed E-state index contributed by atoms with van der Waals surface area (Å²) in [6, 6.07) is 6.03. The Morgan fingerprint density at radius 3 is 2.94 bits per heavy atom. The van der Waals surface area contributed by atoms with Gasteiger partial charge >= 0.3 is 0 Å². The zero-order valence-corrected chi connectivity index (χ0v) is 10.8. The van der Waals surface area contributed by atoms with Crippen LogP contribution in [0.15, 0.2) is 18.2 Å². The molecule has 0 saturated carbocycles. The summed E-state index contributed by atoms with van der Waals surface area (Å²) in [4.78, 5) is 0. The van der Waals surface area contributed by atoms with Crippen LogP contribution < -0.4 is 5.32 Å². The molecular formula is C15H22FN. The van der Waals surface area contributed by atoms with Crippen LogP contribution in [0.4, 0.5) is 4.39 Å². The van der Waals surface area contributed by atoms with Crippen LogP contribution in [0.5, 0.6) is 0 Å². The average Bonchev–Trinajstić information content (AvgIpc) is 2.76. The van der Waals surface area contributed by atoms with E-state index in [4.69, 9.17) is 0 Å². The third-order valence-corrected chi connectivity index (χ3v) is 3.84. The maximum atomic E-state index is 13.7. The van der Waals surface area contributed by atoms with Crippen molar-refractivity contribution in [2.45, 2.75) is 51.5 Å². The molecule has 17 heavy (non-hydrogen) atoms. The van der Waals surface area contributed by atoms with E-state index in [0.717, 1.165) is 37.8 Å². The highest BCUT2D eigenvalue weighted by Crippen LogP contribution is 2.37. The lowest BCUT2D eigenvalue weighted by Crippen LogP contribution is -2.34. The van der Waals surface area contributed by atoms with E-state index >= 15 is 0 Å². The van der Waals surface area contributed by atoms with Gasteiger partial charge in [0.2, 0.25) is 0 Å². The Bertz CT molecular complexity index is 375. The predicted octanol–water partition coefficient (Wildman–Crippen LogP) is 3.63. The molecule has 0 fully saturated rings. The molecule has 0 amide bonds. The van der Waals surface area contributed by atoms with Crippen LogP contribution in [0.1, 0.15) is 50.2 Å². The van der Waals surface area contributed by atoms with E-state index in [1.807, 2.05) is 6.07 Å². The summed E-state index contributed by atoms with van der Waals surface area (Å²) >= 11 is 0. The highest BCUT2D eigenvalue weighted by molar-refractivity contribution is 5.37. The Morgan fingerprint density at radius 1 is 1.41 bits per heavy atom. The van der Waals surface area contributed by atoms with Crippen molar-refractivity contribution in [3.05, 3.63) is 35.1 Å². The molecule has 1 aromatic carbocycles. The van der Waals surface area contributed by atoms with E-state index < -0.39 is 0 Å². The molecular weight excluding hydrogens is 213 g/mol. The first-order valence-electron chi connectivity index (χ1n) is 6.78. The van der Waals surface area contributed by atoms with Crippen molar-refractivity contribution in [3.8, 4) is 0 Å². The van der Waals surface area contributed by atoms with Gasteiger partial charge in [0, 0.05) is 6.04 Å². The SMILES string of the molecule is CCCNC(CC)C1CCc2c(F)cccc21. The summed E-state index contributed by atoms with van der Waals surface area (Å²) in [7, 11) is 0. The second-order valence-electron chi connectivity index (χ2n) is 4.92. The molecule has 1 aromatic rings. The fraction of sp³-hybridized carbons (Fsp3) is 0.600. The lowest BCUT2D eigenvalue weighted by atomic mass is 9.91. The summed E-state index contributed by atoms with van der Waals surface area (Å²) < 4.78 is 13.7. The lowest BCUT2D eigenvalue weighted by molar-refractivity contribution is 0.418. The maximum Gasteiger partial charge on any atom is 0.126 e. The van der Waals surface area contributed by atoms with Crippen LogP contribution in [0.3, 0.4) is 0 Å². The van der Waals surface area contributed by atoms with Crippen molar-refractivity contribution >= 4 is 0 Å². The van der Waals surface area contributed by atoms with E-state index in [9.17, 15) is 4.39 Å². The Morgan fingerprint density at radius 2 is 2.24 bits per heavy atom. The van der Waals surface area contributed by atoms with E-state index in [2.05, 4.69) is 25.2 Å². The molecule has 0 aliphatic heterocycles. The highest BCUT2D eigenvalue weighted by atomic mass is 19.1. The number of halogens is 1. The third kappa shape index (κ3) is 2.52. The van der Waals surface area contributed by atoms with Gasteiger partial charge in [-0.25, -0.2) is 4.39 Å². The third-order valence-electron chi connectivity index (χ3n) is 3.84. The Hall–Kier alpha value is -0.890. The minimum absolute atomic E-state index is 0.0182. The molecule has 1 aliphatic rings. The van der Waals surface area contributed by atoms with Gasteiger partial charge in [0.05, 0.1) is 0 Å². The molecule has 94 valence electrons. The molecule has 0 heterocycles. The molecule has 2 unspecified atom stereocenters. The lowest BCUT2D eigenvalue weighted by Gasteiger charge is -2.24. The molecule has 0 aromatic heterocycles. The monoisotopic (exact) mass is 235 g/mol. The van der Waals surface area contributed by atoms with Crippen LogP contribution in [0.2, 0.25) is 0 Å². The first-order valence-corrected chi connectivity index (χ1v) is 6.78. The van der Waals surface area contributed by atoms with Crippen molar-refractivity contribution < 1.29 is 4.39 Å². The van der Waals surface area contributed by atoms with Crippen molar-refractivity contribution in [2.75, 3.05) is 6.54 Å². The van der Waals surface area contributed by atoms with Gasteiger partial charge in [0.1, 0.15) is 5.82 Å². The smallest absolute Gasteiger partial charge is 0.126 e. The Labute approximate surface area is 103 Å². The molecule has 0 saturated heterocycles. The zero-order valence-electron chi connectivity index (χ0n) is 10.8. The van der Waals surface area contributed by atoms with Crippen LogP contribution in [-0.4, -0.2) is 12.6 Å². The highest BCUT2D eigenvalue weighted by Gasteiger charge is 2.29. The predicted molar refractivity (Wildman–Crippen MR) is 69.8 cm³/mol. The first-order chi connectivity index (χ1) is 8.27. The number of hydrogen-bond acceptors (Lipinski definition) is 1. The first kappa shape index (κ1) is 12.6. The maximum absolute atomic E-state index is 13.7. The van der Waals surface area contributed by atoms with Gasteiger partial charge < -0.3 is 5.32 Å². The van der Waals surface area contributed by atoms with Gasteiger partial charge in [-0.1, -0.05) is 26.0 Å². The van der Waals surface area contributed by atoms with Crippen LogP contribution in [-0.2, 0) is 6.42 Å². The topological polar surface area (TPSA) is 12.0 Å². The summed E-state index contributed by atoms with van der Waals surface area (Å²) in [5.41, 5.74) is 2.19. The summed E-state index contributed by atoms with van der Waals surface area (Å²) in [6.45, 7) is 5.45. The second kappa shape index (κ2) is 5.63. The van der Waals surface area contributed by atoms with Gasteiger partial charge in [-0.2, -0.15) is 0 Å². The minimum atomic E-state index is -0.0182. The number of rotatable bonds is 5. The van der Waals surface area contributed by atoms with Crippen LogP contribution >= 0.6 is 0 Å². The Kier molecular flexibility index (Phi) is 4.16. The average molecular weight is 235 g/mol. The molecule has 1 aliphatic carbocycles. The molecule has 2 heteroatoms. The number of nitrogens with one attached hydrogen (secondary N) is 1. The van der Waals surface area contributed by atoms with Gasteiger partial charge in [0.25, 0.3) is 0 Å². The van der Waals surface area contributed by atoms with Crippen molar-refractivity contribution in [2.24, 2.45) is 0 Å². The zero-order chi connectivity index (χ0) is 12.3. The summed E-state index contributed by atoms with van der Waals surface area (Å²) in [5.74, 6) is 0.479. The summed E-state index contributed by atoms with van der Waals surface area (Å²) in [5, 5.41) is 3.60. The van der Waals surface area contributed by atoms with E-state index in [-0.39, 0.29) is 5.82 Å². The van der Waals surface area contributed by atoms with Gasteiger partial charge in [-0.3, -0.25) is 0 Å². The van der Waals surface area contributed by atoms with E-state index in [1.165, 1.54) is 5.56 Å². The number of hydrogen-bond donors (Lipinski definition) is 1. The fourth-order valence-corrected chi connectivity index (χ4v) is 2.96. The van der Waals surface area contributed by atoms with E-state index in [1.54, 1.807) is 6.07 Å². The normalized spacial score (nSPS) is 20.3.